The number of hydrogen-bond acceptors (Lipinski definition) is 2. The van der Waals surface area contributed by atoms with Gasteiger partial charge in [0.2, 0.25) is 5.91 Å². The van der Waals surface area contributed by atoms with Crippen molar-refractivity contribution < 1.29 is 14.7 Å². The van der Waals surface area contributed by atoms with E-state index in [1.807, 2.05) is 0 Å². The first-order valence-corrected chi connectivity index (χ1v) is 7.25. The molecule has 0 spiro atoms. The first kappa shape index (κ1) is 13.9. The van der Waals surface area contributed by atoms with E-state index in [1.54, 1.807) is 23.1 Å². The van der Waals surface area contributed by atoms with E-state index in [2.05, 4.69) is 4.98 Å². The number of nitrogens with one attached hydrogen (secondary N) is 1. The molecule has 3 rings (SSSR count). The second kappa shape index (κ2) is 5.41. The van der Waals surface area contributed by atoms with Crippen molar-refractivity contribution in [1.82, 2.24) is 9.88 Å². The molecule has 0 atom stereocenters. The molecular weight excluding hydrogens is 292 g/mol. The second-order valence-electron chi connectivity index (χ2n) is 5.24. The van der Waals surface area contributed by atoms with Gasteiger partial charge in [0.1, 0.15) is 5.69 Å². The second-order valence-corrected chi connectivity index (χ2v) is 5.67. The number of aromatic amines is 1. The lowest BCUT2D eigenvalue weighted by atomic mass is 10.1. The van der Waals surface area contributed by atoms with Gasteiger partial charge >= 0.3 is 5.97 Å². The maximum atomic E-state index is 12.3. The molecule has 0 unspecified atom stereocenters. The molecule has 2 aromatic rings. The van der Waals surface area contributed by atoms with E-state index < -0.39 is 5.97 Å². The average Bonchev–Trinajstić information content (AvgIpc) is 3.07. The molecule has 0 radical (unpaired) electrons. The van der Waals surface area contributed by atoms with Crippen LogP contribution in [0.15, 0.2) is 18.2 Å². The van der Waals surface area contributed by atoms with E-state index in [0.717, 1.165) is 25.9 Å². The summed E-state index contributed by atoms with van der Waals surface area (Å²) in [6.07, 6.45) is 2.11. The highest BCUT2D eigenvalue weighted by Gasteiger charge is 2.23. The van der Waals surface area contributed by atoms with Crippen molar-refractivity contribution in [2.45, 2.75) is 19.3 Å². The SMILES string of the molecule is O=C(O)c1[nH]c2ccc(Cl)cc2c1CC(=O)N1CCCC1. The number of halogens is 1. The molecule has 1 aromatic carbocycles. The number of carboxylic acid groups (broad SMARTS) is 1. The van der Waals surface area contributed by atoms with E-state index >= 15 is 0 Å². The first-order chi connectivity index (χ1) is 10.1. The molecule has 6 heteroatoms. The van der Waals surface area contributed by atoms with Gasteiger partial charge in [-0.25, -0.2) is 4.79 Å². The number of likely N-dealkylation sites (tertiary alicyclic amines) is 1. The summed E-state index contributed by atoms with van der Waals surface area (Å²) in [7, 11) is 0. The van der Waals surface area contributed by atoms with Crippen LogP contribution < -0.4 is 0 Å². The Bertz CT molecular complexity index is 717. The van der Waals surface area contributed by atoms with Crippen LogP contribution in [0, 0.1) is 0 Å². The van der Waals surface area contributed by atoms with Crippen LogP contribution >= 0.6 is 11.6 Å². The average molecular weight is 307 g/mol. The largest absolute Gasteiger partial charge is 0.477 e. The summed E-state index contributed by atoms with van der Waals surface area (Å²) in [5.74, 6) is -1.09. The summed E-state index contributed by atoms with van der Waals surface area (Å²) < 4.78 is 0. The summed E-state index contributed by atoms with van der Waals surface area (Å²) in [6, 6.07) is 5.12. The number of rotatable bonds is 3. The highest BCUT2D eigenvalue weighted by Crippen LogP contribution is 2.27. The summed E-state index contributed by atoms with van der Waals surface area (Å²) in [6.45, 7) is 1.51. The third kappa shape index (κ3) is 2.61. The summed E-state index contributed by atoms with van der Waals surface area (Å²) in [5, 5.41) is 10.5. The number of benzene rings is 1. The van der Waals surface area contributed by atoms with Crippen LogP contribution in [0.4, 0.5) is 0 Å². The maximum Gasteiger partial charge on any atom is 0.352 e. The fourth-order valence-electron chi connectivity index (χ4n) is 2.82. The Hall–Kier alpha value is -2.01. The van der Waals surface area contributed by atoms with Crippen LogP contribution in [-0.2, 0) is 11.2 Å². The summed E-state index contributed by atoms with van der Waals surface area (Å²) in [4.78, 5) is 28.3. The van der Waals surface area contributed by atoms with Gasteiger partial charge in [0.15, 0.2) is 0 Å². The minimum atomic E-state index is -1.06. The van der Waals surface area contributed by atoms with E-state index in [-0.39, 0.29) is 18.0 Å². The summed E-state index contributed by atoms with van der Waals surface area (Å²) >= 11 is 5.99. The predicted molar refractivity (Wildman–Crippen MR) is 79.8 cm³/mol. The zero-order valence-corrected chi connectivity index (χ0v) is 12.1. The van der Waals surface area contributed by atoms with Crippen molar-refractivity contribution in [2.24, 2.45) is 0 Å². The Morgan fingerprint density at radius 1 is 1.29 bits per heavy atom. The van der Waals surface area contributed by atoms with Gasteiger partial charge in [-0.15, -0.1) is 0 Å². The van der Waals surface area contributed by atoms with Crippen LogP contribution in [0.1, 0.15) is 28.9 Å². The number of fused-ring (bicyclic) bond motifs is 1. The van der Waals surface area contributed by atoms with Gasteiger partial charge < -0.3 is 15.0 Å². The van der Waals surface area contributed by atoms with Crippen molar-refractivity contribution >= 4 is 34.4 Å². The number of amides is 1. The molecule has 5 nitrogen and oxygen atoms in total. The molecule has 0 aliphatic carbocycles. The number of aromatic carboxylic acids is 1. The number of H-pyrrole nitrogens is 1. The monoisotopic (exact) mass is 306 g/mol. The van der Waals surface area contributed by atoms with Crippen molar-refractivity contribution in [3.05, 3.63) is 34.5 Å². The molecule has 1 fully saturated rings. The van der Waals surface area contributed by atoms with Crippen LogP contribution in [-0.4, -0.2) is 40.0 Å². The third-order valence-electron chi connectivity index (χ3n) is 3.87. The van der Waals surface area contributed by atoms with Crippen LogP contribution in [0.5, 0.6) is 0 Å². The quantitative estimate of drug-likeness (QED) is 0.915. The first-order valence-electron chi connectivity index (χ1n) is 6.87. The lowest BCUT2D eigenvalue weighted by molar-refractivity contribution is -0.129. The molecule has 110 valence electrons. The minimum Gasteiger partial charge on any atom is -0.477 e. The van der Waals surface area contributed by atoms with E-state index in [4.69, 9.17) is 11.6 Å². The summed E-state index contributed by atoms with van der Waals surface area (Å²) in [5.41, 5.74) is 1.26. The van der Waals surface area contributed by atoms with Crippen LogP contribution in [0.3, 0.4) is 0 Å². The maximum absolute atomic E-state index is 12.3. The number of hydrogen-bond donors (Lipinski definition) is 2. The number of nitrogens with zero attached hydrogens (tertiary/aromatic N) is 1. The van der Waals surface area contributed by atoms with Crippen molar-refractivity contribution in [3.8, 4) is 0 Å². The molecule has 1 aromatic heterocycles. The fourth-order valence-corrected chi connectivity index (χ4v) is 2.99. The van der Waals surface area contributed by atoms with Crippen molar-refractivity contribution in [2.75, 3.05) is 13.1 Å². The predicted octanol–water partition coefficient (Wildman–Crippen LogP) is 2.68. The van der Waals surface area contributed by atoms with Gasteiger partial charge in [-0.2, -0.15) is 0 Å². The smallest absolute Gasteiger partial charge is 0.352 e. The topological polar surface area (TPSA) is 73.4 Å². The molecule has 0 bridgehead atoms. The fraction of sp³-hybridized carbons (Fsp3) is 0.333. The molecule has 0 saturated carbocycles. The Morgan fingerprint density at radius 2 is 2.00 bits per heavy atom. The Balaban J connectivity index is 2.02. The highest BCUT2D eigenvalue weighted by molar-refractivity contribution is 6.31. The number of carbonyl (C=O) groups excluding carboxylic acids is 1. The van der Waals surface area contributed by atoms with E-state index in [9.17, 15) is 14.7 Å². The van der Waals surface area contributed by atoms with Crippen LogP contribution in [0.25, 0.3) is 10.9 Å². The molecule has 2 N–H and O–H groups in total. The van der Waals surface area contributed by atoms with E-state index in [1.165, 1.54) is 0 Å². The van der Waals surface area contributed by atoms with Gasteiger partial charge in [0, 0.05) is 34.6 Å². The lowest BCUT2D eigenvalue weighted by Gasteiger charge is -2.15. The van der Waals surface area contributed by atoms with Gasteiger partial charge in [0.25, 0.3) is 0 Å². The van der Waals surface area contributed by atoms with E-state index in [0.29, 0.717) is 21.5 Å². The van der Waals surface area contributed by atoms with Gasteiger partial charge in [-0.05, 0) is 31.0 Å². The number of carbonyl (C=O) groups is 2. The number of carboxylic acids is 1. The number of aromatic nitrogens is 1. The molecule has 21 heavy (non-hydrogen) atoms. The molecule has 1 amide bonds. The van der Waals surface area contributed by atoms with Gasteiger partial charge in [-0.3, -0.25) is 4.79 Å². The molecule has 2 heterocycles. The highest BCUT2D eigenvalue weighted by atomic mass is 35.5. The van der Waals surface area contributed by atoms with Gasteiger partial charge in [-0.1, -0.05) is 11.6 Å². The molecule has 1 aliphatic rings. The Kier molecular flexibility index (Phi) is 3.59. The zero-order chi connectivity index (χ0) is 15.0. The van der Waals surface area contributed by atoms with Crippen molar-refractivity contribution in [3.63, 3.8) is 0 Å². The Labute approximate surface area is 126 Å². The molecular formula is C15H15ClN2O3. The van der Waals surface area contributed by atoms with Crippen molar-refractivity contribution in [1.29, 1.82) is 0 Å². The minimum absolute atomic E-state index is 0.0316. The zero-order valence-electron chi connectivity index (χ0n) is 11.4. The molecule has 1 aliphatic heterocycles. The standard InChI is InChI=1S/C15H15ClN2O3/c16-9-3-4-12-10(7-9)11(14(17-12)15(20)21)8-13(19)18-5-1-2-6-18/h3-4,7,17H,1-2,5-6,8H2,(H,20,21). The Morgan fingerprint density at radius 3 is 2.67 bits per heavy atom. The third-order valence-corrected chi connectivity index (χ3v) is 4.10. The van der Waals surface area contributed by atoms with Crippen LogP contribution in [0.2, 0.25) is 5.02 Å². The normalized spacial score (nSPS) is 14.8. The lowest BCUT2D eigenvalue weighted by Crippen LogP contribution is -2.29. The molecule has 1 saturated heterocycles. The van der Waals surface area contributed by atoms with Gasteiger partial charge in [0.05, 0.1) is 6.42 Å².